The third-order valence-corrected chi connectivity index (χ3v) is 2.45. The van der Waals surface area contributed by atoms with E-state index in [0.717, 1.165) is 0 Å². The Morgan fingerprint density at radius 2 is 2.20 bits per heavy atom. The molecule has 2 rings (SSSR count). The van der Waals surface area contributed by atoms with Crippen molar-refractivity contribution in [1.82, 2.24) is 5.16 Å². The van der Waals surface area contributed by atoms with Gasteiger partial charge in [0.05, 0.1) is 5.02 Å². The first kappa shape index (κ1) is 9.98. The molecule has 15 heavy (non-hydrogen) atoms. The monoisotopic (exact) mass is 226 g/mol. The summed E-state index contributed by atoms with van der Waals surface area (Å²) in [5.74, 6) is 0.270. The van der Waals surface area contributed by atoms with Gasteiger partial charge in [-0.25, -0.2) is 4.39 Å². The lowest BCUT2D eigenvalue weighted by atomic mass is 10.1. The van der Waals surface area contributed by atoms with Crippen LogP contribution in [-0.4, -0.2) is 5.16 Å². The van der Waals surface area contributed by atoms with E-state index in [2.05, 4.69) is 5.16 Å². The van der Waals surface area contributed by atoms with Gasteiger partial charge in [-0.2, -0.15) is 0 Å². The fourth-order valence-corrected chi connectivity index (χ4v) is 1.37. The summed E-state index contributed by atoms with van der Waals surface area (Å²) in [7, 11) is 0. The lowest BCUT2D eigenvalue weighted by molar-refractivity contribution is 0.435. The van der Waals surface area contributed by atoms with Gasteiger partial charge in [0.1, 0.15) is 5.82 Å². The van der Waals surface area contributed by atoms with Gasteiger partial charge in [0.15, 0.2) is 11.6 Å². The second-order valence-corrected chi connectivity index (χ2v) is 3.56. The van der Waals surface area contributed by atoms with Crippen LogP contribution < -0.4 is 5.73 Å². The van der Waals surface area contributed by atoms with Crippen molar-refractivity contribution in [2.24, 2.45) is 0 Å². The second kappa shape index (κ2) is 3.55. The first-order valence-electron chi connectivity index (χ1n) is 4.26. The van der Waals surface area contributed by atoms with Crippen molar-refractivity contribution >= 4 is 17.4 Å². The maximum Gasteiger partial charge on any atom is 0.172 e. The number of nitrogen functional groups attached to an aromatic ring is 1. The van der Waals surface area contributed by atoms with Crippen LogP contribution in [-0.2, 0) is 0 Å². The predicted octanol–water partition coefficient (Wildman–Crippen LogP) is 3.02. The zero-order chi connectivity index (χ0) is 11.0. The summed E-state index contributed by atoms with van der Waals surface area (Å²) in [6.07, 6.45) is 0. The summed E-state index contributed by atoms with van der Waals surface area (Å²) < 4.78 is 18.2. The topological polar surface area (TPSA) is 52.0 Å². The van der Waals surface area contributed by atoms with Crippen LogP contribution >= 0.6 is 11.6 Å². The van der Waals surface area contributed by atoms with E-state index in [0.29, 0.717) is 22.7 Å². The Hall–Kier alpha value is -1.55. The number of hydrogen-bond acceptors (Lipinski definition) is 3. The lowest BCUT2D eigenvalue weighted by Crippen LogP contribution is -1.87. The molecule has 0 saturated carbocycles. The van der Waals surface area contributed by atoms with Crippen molar-refractivity contribution < 1.29 is 8.91 Å². The molecule has 0 saturated heterocycles. The van der Waals surface area contributed by atoms with Crippen LogP contribution in [0.5, 0.6) is 0 Å². The molecule has 0 amide bonds. The molecular formula is C10H8ClFN2O. The number of benzene rings is 1. The highest BCUT2D eigenvalue weighted by Crippen LogP contribution is 2.29. The molecule has 5 heteroatoms. The average Bonchev–Trinajstić information content (AvgIpc) is 2.53. The molecule has 3 nitrogen and oxygen atoms in total. The van der Waals surface area contributed by atoms with Crippen molar-refractivity contribution in [2.75, 3.05) is 5.73 Å². The number of nitrogens with two attached hydrogens (primary N) is 1. The van der Waals surface area contributed by atoms with E-state index in [-0.39, 0.29) is 5.02 Å². The van der Waals surface area contributed by atoms with Crippen LogP contribution in [0.2, 0.25) is 5.02 Å². The largest absolute Gasteiger partial charge is 0.381 e. The van der Waals surface area contributed by atoms with Crippen LogP contribution in [0.1, 0.15) is 5.56 Å². The zero-order valence-electron chi connectivity index (χ0n) is 7.92. The Morgan fingerprint density at radius 3 is 2.73 bits per heavy atom. The minimum atomic E-state index is -0.497. The minimum Gasteiger partial charge on any atom is -0.381 e. The van der Waals surface area contributed by atoms with Gasteiger partial charge in [-0.1, -0.05) is 16.8 Å². The molecule has 0 spiro atoms. The Morgan fingerprint density at radius 1 is 1.47 bits per heavy atom. The van der Waals surface area contributed by atoms with E-state index in [1.165, 1.54) is 12.1 Å². The molecule has 78 valence electrons. The van der Waals surface area contributed by atoms with Gasteiger partial charge in [0, 0.05) is 11.1 Å². The molecule has 0 unspecified atom stereocenters. The summed E-state index contributed by atoms with van der Waals surface area (Å²) in [5, 5.41) is 3.67. The van der Waals surface area contributed by atoms with Crippen LogP contribution in [0.4, 0.5) is 10.2 Å². The van der Waals surface area contributed by atoms with Gasteiger partial charge in [-0.05, 0) is 25.1 Å². The van der Waals surface area contributed by atoms with Gasteiger partial charge in [0.25, 0.3) is 0 Å². The molecule has 1 aromatic carbocycles. The van der Waals surface area contributed by atoms with E-state index in [4.69, 9.17) is 21.9 Å². The molecule has 0 bridgehead atoms. The van der Waals surface area contributed by atoms with Crippen LogP contribution in [0.3, 0.4) is 0 Å². The quantitative estimate of drug-likeness (QED) is 0.813. The van der Waals surface area contributed by atoms with Crippen molar-refractivity contribution in [3.63, 3.8) is 0 Å². The third-order valence-electron chi connectivity index (χ3n) is 2.14. The maximum absolute atomic E-state index is 13.2. The maximum atomic E-state index is 13.2. The van der Waals surface area contributed by atoms with Gasteiger partial charge in [-0.3, -0.25) is 0 Å². The molecule has 0 radical (unpaired) electrons. The molecule has 1 heterocycles. The first-order valence-corrected chi connectivity index (χ1v) is 4.64. The van der Waals surface area contributed by atoms with Crippen molar-refractivity contribution in [3.8, 4) is 11.3 Å². The summed E-state index contributed by atoms with van der Waals surface area (Å²) in [5.41, 5.74) is 6.78. The number of halogens is 2. The second-order valence-electron chi connectivity index (χ2n) is 3.15. The first-order chi connectivity index (χ1) is 7.09. The Kier molecular flexibility index (Phi) is 2.36. The highest BCUT2D eigenvalue weighted by atomic mass is 35.5. The van der Waals surface area contributed by atoms with Crippen LogP contribution in [0, 0.1) is 12.7 Å². The fourth-order valence-electron chi connectivity index (χ4n) is 1.25. The Balaban J connectivity index is 2.55. The van der Waals surface area contributed by atoms with Gasteiger partial charge < -0.3 is 10.3 Å². The van der Waals surface area contributed by atoms with E-state index < -0.39 is 5.82 Å². The third kappa shape index (κ3) is 1.68. The van der Waals surface area contributed by atoms with E-state index >= 15 is 0 Å². The highest BCUT2D eigenvalue weighted by Gasteiger charge is 2.12. The lowest BCUT2D eigenvalue weighted by Gasteiger charge is -1.99. The molecule has 1 aromatic heterocycles. The predicted molar refractivity (Wildman–Crippen MR) is 56.1 cm³/mol. The highest BCUT2D eigenvalue weighted by molar-refractivity contribution is 6.30. The van der Waals surface area contributed by atoms with E-state index in [1.807, 2.05) is 0 Å². The number of anilines is 1. The summed E-state index contributed by atoms with van der Waals surface area (Å²) >= 11 is 5.57. The molecule has 0 atom stereocenters. The Bertz CT molecular complexity index is 510. The van der Waals surface area contributed by atoms with Gasteiger partial charge in [-0.15, -0.1) is 0 Å². The smallest absolute Gasteiger partial charge is 0.172 e. The number of rotatable bonds is 1. The fraction of sp³-hybridized carbons (Fsp3) is 0.100. The van der Waals surface area contributed by atoms with Crippen LogP contribution in [0.25, 0.3) is 11.3 Å². The van der Waals surface area contributed by atoms with E-state index in [1.54, 1.807) is 13.0 Å². The molecule has 0 aliphatic carbocycles. The zero-order valence-corrected chi connectivity index (χ0v) is 8.68. The Labute approximate surface area is 90.6 Å². The molecule has 2 N–H and O–H groups in total. The summed E-state index contributed by atoms with van der Waals surface area (Å²) in [6.45, 7) is 1.76. The van der Waals surface area contributed by atoms with Gasteiger partial charge in [0.2, 0.25) is 0 Å². The number of aromatic nitrogens is 1. The molecule has 2 aromatic rings. The number of hydrogen-bond donors (Lipinski definition) is 1. The minimum absolute atomic E-state index is 0.0730. The van der Waals surface area contributed by atoms with E-state index in [9.17, 15) is 4.39 Å². The van der Waals surface area contributed by atoms with Crippen LogP contribution in [0.15, 0.2) is 22.7 Å². The molecular weight excluding hydrogens is 219 g/mol. The molecule has 0 aliphatic rings. The summed E-state index contributed by atoms with van der Waals surface area (Å²) in [6, 6.07) is 4.40. The van der Waals surface area contributed by atoms with Crippen molar-refractivity contribution in [1.29, 1.82) is 0 Å². The molecule has 0 fully saturated rings. The van der Waals surface area contributed by atoms with Crippen molar-refractivity contribution in [2.45, 2.75) is 6.92 Å². The average molecular weight is 227 g/mol. The van der Waals surface area contributed by atoms with Crippen molar-refractivity contribution in [3.05, 3.63) is 34.6 Å². The number of nitrogens with zero attached hydrogens (tertiary/aromatic N) is 1. The summed E-state index contributed by atoms with van der Waals surface area (Å²) in [4.78, 5) is 0. The SMILES string of the molecule is Cc1c(N)noc1-c1ccc(Cl)c(F)c1. The van der Waals surface area contributed by atoms with Gasteiger partial charge >= 0.3 is 0 Å². The normalized spacial score (nSPS) is 10.6. The molecule has 0 aliphatic heterocycles. The standard InChI is InChI=1S/C10H8ClFN2O/c1-5-9(15-14-10(5)13)6-2-3-7(11)8(12)4-6/h2-4H,1H3,(H2,13,14).